The van der Waals surface area contributed by atoms with Gasteiger partial charge in [0.15, 0.2) is 44.8 Å². The Bertz CT molecular complexity index is 4040. The maximum absolute atomic E-state index is 13.2. The van der Waals surface area contributed by atoms with Gasteiger partial charge in [0.25, 0.3) is 32.1 Å². The third-order valence-electron chi connectivity index (χ3n) is 13.7. The van der Waals surface area contributed by atoms with Gasteiger partial charge in [0, 0.05) is 41.7 Å². The molecule has 0 bridgehead atoms. The van der Waals surface area contributed by atoms with E-state index in [2.05, 4.69) is 82.1 Å². The quantitative estimate of drug-likeness (QED) is 0.0159. The number of furan rings is 1. The highest BCUT2D eigenvalue weighted by Crippen LogP contribution is 2.46. The van der Waals surface area contributed by atoms with E-state index in [9.17, 15) is 45.4 Å². The van der Waals surface area contributed by atoms with Crippen LogP contribution in [0.1, 0.15) is 74.2 Å². The fraction of sp³-hybridized carbons (Fsp3) is 0.321. The zero-order valence-corrected chi connectivity index (χ0v) is 48.8. The minimum atomic E-state index is -5.22. The first-order valence-electron chi connectivity index (χ1n) is 26.9. The van der Waals surface area contributed by atoms with Gasteiger partial charge < -0.3 is 50.6 Å². The van der Waals surface area contributed by atoms with Crippen molar-refractivity contribution in [2.75, 3.05) is 70.4 Å². The standard InChI is InChI=1S/C44H37N11O13S2.2C6H15N/c45-30-13-11-26-34(27-12-14-31(46)38(70(63,64)65)36(27)68-35(26)37(30)69(60,61)62)25-10-7-23(19-28(25)43(58)59)42(57)49-16-15-48-33(56)21-67-24-8-5-22(6-9-24)3-1-17-54-40-29(20-50-54)41-51-39(32-4-2-18-66-32)53-55(41)44(47)52-40;2*1-4-7(5-2)6-3/h2,4-14,18-20,45H,1,3,15-17,21,46H2,(H2,47,52)(H,48,56)(H,49,57)(H,58,59)(H,60,61,62)(H,63,64,65);2*4-6H2,1-3H3. The summed E-state index contributed by atoms with van der Waals surface area (Å²) in [4.78, 5) is 50.3. The number of anilines is 2. The number of nitrogens with two attached hydrogens (primary N) is 2. The number of carboxylic acids is 1. The second-order valence-corrected chi connectivity index (χ2v) is 21.5. The smallest absolute Gasteiger partial charge is 0.336 e. The van der Waals surface area contributed by atoms with Crippen LogP contribution in [0.25, 0.3) is 61.7 Å². The van der Waals surface area contributed by atoms with Crippen LogP contribution in [0.3, 0.4) is 0 Å². The molecule has 0 saturated carbocycles. The van der Waals surface area contributed by atoms with Crippen molar-refractivity contribution in [2.24, 2.45) is 0 Å². The van der Waals surface area contributed by atoms with Crippen molar-refractivity contribution in [1.29, 1.82) is 5.41 Å². The number of nitrogen functional groups attached to an aromatic ring is 2. The fourth-order valence-corrected chi connectivity index (χ4v) is 10.7. The van der Waals surface area contributed by atoms with Crippen molar-refractivity contribution in [3.8, 4) is 39.8 Å². The molecule has 9 rings (SSSR count). The molecule has 2 aliphatic rings. The van der Waals surface area contributed by atoms with Crippen LogP contribution < -0.4 is 32.2 Å². The van der Waals surface area contributed by atoms with Gasteiger partial charge >= 0.3 is 5.97 Å². The van der Waals surface area contributed by atoms with Crippen molar-refractivity contribution < 1.29 is 59.0 Å². The van der Waals surface area contributed by atoms with Crippen molar-refractivity contribution >= 4 is 77.3 Å². The molecular weight excluding hydrogens is 1130 g/mol. The van der Waals surface area contributed by atoms with Gasteiger partial charge in [-0.25, -0.2) is 14.5 Å². The molecule has 28 heteroatoms. The van der Waals surface area contributed by atoms with Crippen LogP contribution in [0, 0.1) is 5.41 Å². The maximum atomic E-state index is 13.2. The van der Waals surface area contributed by atoms with Crippen molar-refractivity contribution in [1.82, 2.24) is 49.8 Å². The molecule has 0 atom stereocenters. The third-order valence-corrected chi connectivity index (χ3v) is 15.5. The average Bonchev–Trinajstić information content (AvgIpc) is 0.991. The maximum Gasteiger partial charge on any atom is 0.336 e. The van der Waals surface area contributed by atoms with Gasteiger partial charge in [-0.1, -0.05) is 59.7 Å². The number of fused-ring (bicyclic) bond motifs is 5. The number of aromatic carboxylic acids is 1. The Hall–Kier alpha value is -8.80. The molecule has 0 saturated heterocycles. The lowest BCUT2D eigenvalue weighted by Crippen LogP contribution is -2.36. The molecule has 0 radical (unpaired) electrons. The summed E-state index contributed by atoms with van der Waals surface area (Å²) in [5.41, 5.74) is 11.8. The predicted molar refractivity (Wildman–Crippen MR) is 314 cm³/mol. The van der Waals surface area contributed by atoms with Gasteiger partial charge in [-0.05, 0) is 124 Å². The number of hydrogen-bond acceptors (Lipinski definition) is 19. The van der Waals surface area contributed by atoms with Gasteiger partial charge in [-0.3, -0.25) is 24.1 Å². The zero-order chi connectivity index (χ0) is 61.0. The Morgan fingerprint density at radius 3 is 2.00 bits per heavy atom. The number of benzene rings is 4. The van der Waals surface area contributed by atoms with E-state index in [-0.39, 0.29) is 53.3 Å². The van der Waals surface area contributed by atoms with E-state index in [1.165, 1.54) is 74.3 Å². The van der Waals surface area contributed by atoms with Crippen LogP contribution in [-0.2, 0) is 38.0 Å². The van der Waals surface area contributed by atoms with E-state index in [4.69, 9.17) is 30.4 Å². The molecule has 1 aliphatic heterocycles. The molecule has 2 amide bonds. The molecule has 26 nitrogen and oxygen atoms in total. The molecule has 3 aromatic carbocycles. The van der Waals surface area contributed by atoms with Crippen LogP contribution in [-0.4, -0.2) is 147 Å². The summed E-state index contributed by atoms with van der Waals surface area (Å²) in [6, 6.07) is 18.7. The lowest BCUT2D eigenvalue weighted by Gasteiger charge is -2.20. The van der Waals surface area contributed by atoms with Crippen molar-refractivity contribution in [3.63, 3.8) is 0 Å². The van der Waals surface area contributed by atoms with Gasteiger partial charge in [-0.2, -0.15) is 31.4 Å². The summed E-state index contributed by atoms with van der Waals surface area (Å²) in [6.45, 7) is 20.4. The van der Waals surface area contributed by atoms with Crippen LogP contribution >= 0.6 is 0 Å². The largest absolute Gasteiger partial charge is 0.484 e. The number of aromatic nitrogens is 6. The monoisotopic (exact) mass is 1190 g/mol. The molecule has 446 valence electrons. The molecule has 0 unspecified atom stereocenters. The highest BCUT2D eigenvalue weighted by Gasteiger charge is 2.32. The normalized spacial score (nSPS) is 11.7. The van der Waals surface area contributed by atoms with Gasteiger partial charge in [0.1, 0.15) is 5.75 Å². The van der Waals surface area contributed by atoms with Crippen molar-refractivity contribution in [2.45, 2.75) is 70.7 Å². The summed E-state index contributed by atoms with van der Waals surface area (Å²) in [5.74, 6) is -2.06. The highest BCUT2D eigenvalue weighted by molar-refractivity contribution is 7.86. The van der Waals surface area contributed by atoms with Gasteiger partial charge in [0.05, 0.1) is 34.5 Å². The summed E-state index contributed by atoms with van der Waals surface area (Å²) >= 11 is 0. The lowest BCUT2D eigenvalue weighted by molar-refractivity contribution is -0.123. The minimum Gasteiger partial charge on any atom is -0.484 e. The third kappa shape index (κ3) is 14.5. The van der Waals surface area contributed by atoms with Gasteiger partial charge in [-0.15, -0.1) is 5.10 Å². The highest BCUT2D eigenvalue weighted by atomic mass is 32.2. The van der Waals surface area contributed by atoms with Crippen LogP contribution in [0.5, 0.6) is 5.75 Å². The number of amides is 2. The zero-order valence-electron chi connectivity index (χ0n) is 47.1. The number of hydrogen-bond donors (Lipinski definition) is 8. The average molecular weight is 1190 g/mol. The molecular formula is C56H67N13O13S2. The molecule has 84 heavy (non-hydrogen) atoms. The van der Waals surface area contributed by atoms with E-state index in [1.807, 2.05) is 12.1 Å². The Kier molecular flexibility index (Phi) is 20.6. The van der Waals surface area contributed by atoms with Crippen LogP contribution in [0.4, 0.5) is 11.6 Å². The molecule has 7 aromatic rings. The Balaban J connectivity index is 0.000000644. The van der Waals surface area contributed by atoms with Crippen molar-refractivity contribution in [3.05, 3.63) is 113 Å². The Labute approximate surface area is 483 Å². The number of nitrogens with zero attached hydrogens (tertiary/aromatic N) is 8. The number of ether oxygens (including phenoxy) is 1. The Morgan fingerprint density at radius 1 is 0.762 bits per heavy atom. The molecule has 5 heterocycles. The number of carboxylic acid groups (broad SMARTS) is 1. The summed E-state index contributed by atoms with van der Waals surface area (Å²) in [5, 5.41) is 32.4. The van der Waals surface area contributed by atoms with E-state index < -0.39 is 75.8 Å². The van der Waals surface area contributed by atoms with E-state index in [0.717, 1.165) is 23.8 Å². The second kappa shape index (κ2) is 27.5. The lowest BCUT2D eigenvalue weighted by atomic mass is 9.89. The number of carbonyl (C=O) groups is 3. The first kappa shape index (κ1) is 62.8. The fourth-order valence-electron chi connectivity index (χ4n) is 9.21. The first-order valence-corrected chi connectivity index (χ1v) is 29.8. The predicted octanol–water partition coefficient (Wildman–Crippen LogP) is 6.34. The van der Waals surface area contributed by atoms with E-state index >= 15 is 0 Å². The summed E-state index contributed by atoms with van der Waals surface area (Å²) in [7, 11) is -10.4. The van der Waals surface area contributed by atoms with Crippen LogP contribution in [0.2, 0.25) is 0 Å². The van der Waals surface area contributed by atoms with Gasteiger partial charge in [0.2, 0.25) is 11.8 Å². The SMILES string of the molecule is CCN(CC)CC.CCN(CC)CC.N=c1ccc2c(-c3ccc(C(=O)NCCNC(=O)COc4ccc(CCCn5ncc6c5nc(N)n5nc(-c7ccco7)nc65)cc4)cc3C(=O)O)c3ccc(N)c(S(=O)(=O)O)c3oc-2c1S(=O)(=O)O. The number of nitrogens with one attached hydrogen (secondary N) is 3. The molecule has 1 aliphatic carbocycles. The minimum absolute atomic E-state index is 0.0287. The number of rotatable bonds is 22. The van der Waals surface area contributed by atoms with E-state index in [1.54, 1.807) is 35.1 Å². The number of aryl methyl sites for hydroxylation is 2. The molecule has 4 aromatic heterocycles. The molecule has 0 fully saturated rings. The summed E-state index contributed by atoms with van der Waals surface area (Å²) < 4.78 is 90.0. The molecule has 10 N–H and O–H groups in total. The second-order valence-electron chi connectivity index (χ2n) is 18.8. The Morgan fingerprint density at radius 2 is 1.40 bits per heavy atom. The summed E-state index contributed by atoms with van der Waals surface area (Å²) in [6.07, 6.45) is 4.62. The topological polar surface area (TPSA) is 383 Å². The number of carbonyl (C=O) groups excluding carboxylic acids is 2. The van der Waals surface area contributed by atoms with Crippen LogP contribution in [0.15, 0.2) is 110 Å². The first-order chi connectivity index (χ1) is 40.1. The molecule has 0 spiro atoms. The van der Waals surface area contributed by atoms with E-state index in [0.29, 0.717) is 53.4 Å².